The van der Waals surface area contributed by atoms with Crippen LogP contribution in [0.25, 0.3) is 11.5 Å². The van der Waals surface area contributed by atoms with Crippen LogP contribution in [0.15, 0.2) is 24.8 Å². The lowest BCUT2D eigenvalue weighted by molar-refractivity contribution is 0.454. The maximum atomic E-state index is 4.50. The van der Waals surface area contributed by atoms with E-state index in [1.807, 2.05) is 6.20 Å². The minimum absolute atomic E-state index is 0.442. The lowest BCUT2D eigenvalue weighted by Gasteiger charge is -2.23. The average Bonchev–Trinajstić information content (AvgIpc) is 2.94. The number of piperidine rings is 1. The standard InChI is InChI=1S/C12H15N5/c1-2-9(8-13-3-1)10-11(15-5-4-14-10)12-16-6-7-17-12/h4-7,9,13H,1-3,8H2,(H,16,17)/t9-/m1/s1. The fourth-order valence-electron chi connectivity index (χ4n) is 2.31. The number of aromatic amines is 1. The predicted octanol–water partition coefficient (Wildman–Crippen LogP) is 1.33. The van der Waals surface area contributed by atoms with Crippen LogP contribution in [0, 0.1) is 0 Å². The van der Waals surface area contributed by atoms with E-state index in [9.17, 15) is 0 Å². The first-order valence-corrected chi connectivity index (χ1v) is 5.96. The van der Waals surface area contributed by atoms with Crippen LogP contribution in [0.4, 0.5) is 0 Å². The summed E-state index contributed by atoms with van der Waals surface area (Å²) in [5.41, 5.74) is 1.93. The van der Waals surface area contributed by atoms with Gasteiger partial charge in [-0.15, -0.1) is 0 Å². The molecule has 0 aliphatic carbocycles. The molecular weight excluding hydrogens is 214 g/mol. The highest BCUT2D eigenvalue weighted by molar-refractivity contribution is 5.53. The molecule has 1 atom stereocenters. The normalized spacial score (nSPS) is 20.4. The van der Waals surface area contributed by atoms with Crippen molar-refractivity contribution >= 4 is 0 Å². The molecule has 2 aromatic rings. The Balaban J connectivity index is 1.98. The number of nitrogens with one attached hydrogen (secondary N) is 2. The number of imidazole rings is 1. The molecule has 1 saturated heterocycles. The van der Waals surface area contributed by atoms with E-state index in [4.69, 9.17) is 0 Å². The zero-order valence-electron chi connectivity index (χ0n) is 9.56. The van der Waals surface area contributed by atoms with Gasteiger partial charge in [0.1, 0.15) is 5.69 Å². The third-order valence-corrected chi connectivity index (χ3v) is 3.13. The molecular formula is C12H15N5. The SMILES string of the molecule is c1c[nH]c(-c2nccnc2[C@@H]2CCCNC2)n1. The van der Waals surface area contributed by atoms with Crippen LogP contribution < -0.4 is 5.32 Å². The molecule has 88 valence electrons. The molecule has 0 saturated carbocycles. The highest BCUT2D eigenvalue weighted by Gasteiger charge is 2.21. The molecule has 0 radical (unpaired) electrons. The van der Waals surface area contributed by atoms with Crippen molar-refractivity contribution in [3.63, 3.8) is 0 Å². The molecule has 5 heteroatoms. The molecule has 2 N–H and O–H groups in total. The topological polar surface area (TPSA) is 66.5 Å². The van der Waals surface area contributed by atoms with Gasteiger partial charge in [0.2, 0.25) is 0 Å². The van der Waals surface area contributed by atoms with Crippen molar-refractivity contribution < 1.29 is 0 Å². The molecule has 17 heavy (non-hydrogen) atoms. The van der Waals surface area contributed by atoms with Gasteiger partial charge in [0, 0.05) is 37.3 Å². The maximum Gasteiger partial charge on any atom is 0.157 e. The number of nitrogens with zero attached hydrogens (tertiary/aromatic N) is 3. The summed E-state index contributed by atoms with van der Waals surface area (Å²) in [7, 11) is 0. The highest BCUT2D eigenvalue weighted by atomic mass is 15.0. The van der Waals surface area contributed by atoms with Gasteiger partial charge in [-0.2, -0.15) is 0 Å². The van der Waals surface area contributed by atoms with Crippen LogP contribution in [0.2, 0.25) is 0 Å². The molecule has 2 aromatic heterocycles. The summed E-state index contributed by atoms with van der Waals surface area (Å²) in [6, 6.07) is 0. The monoisotopic (exact) mass is 229 g/mol. The van der Waals surface area contributed by atoms with Crippen LogP contribution in [-0.4, -0.2) is 33.0 Å². The fourth-order valence-corrected chi connectivity index (χ4v) is 2.31. The van der Waals surface area contributed by atoms with Gasteiger partial charge >= 0.3 is 0 Å². The van der Waals surface area contributed by atoms with Crippen LogP contribution in [0.1, 0.15) is 24.5 Å². The van der Waals surface area contributed by atoms with Gasteiger partial charge in [0.25, 0.3) is 0 Å². The largest absolute Gasteiger partial charge is 0.343 e. The lowest BCUT2D eigenvalue weighted by atomic mass is 9.94. The third kappa shape index (κ3) is 2.06. The maximum absolute atomic E-state index is 4.50. The van der Waals surface area contributed by atoms with E-state index in [0.29, 0.717) is 5.92 Å². The number of hydrogen-bond donors (Lipinski definition) is 2. The van der Waals surface area contributed by atoms with Crippen molar-refractivity contribution in [3.8, 4) is 11.5 Å². The minimum atomic E-state index is 0.442. The number of hydrogen-bond acceptors (Lipinski definition) is 4. The summed E-state index contributed by atoms with van der Waals surface area (Å²) < 4.78 is 0. The van der Waals surface area contributed by atoms with Crippen LogP contribution in [0.3, 0.4) is 0 Å². The molecule has 0 aromatic carbocycles. The van der Waals surface area contributed by atoms with Gasteiger partial charge in [-0.3, -0.25) is 4.98 Å². The zero-order chi connectivity index (χ0) is 11.5. The molecule has 1 aliphatic rings. The summed E-state index contributed by atoms with van der Waals surface area (Å²) in [4.78, 5) is 16.3. The Hall–Kier alpha value is -1.75. The van der Waals surface area contributed by atoms with Crippen molar-refractivity contribution in [3.05, 3.63) is 30.5 Å². The van der Waals surface area contributed by atoms with E-state index in [-0.39, 0.29) is 0 Å². The van der Waals surface area contributed by atoms with E-state index < -0.39 is 0 Å². The first kappa shape index (κ1) is 10.4. The molecule has 0 bridgehead atoms. The van der Waals surface area contributed by atoms with Gasteiger partial charge in [-0.05, 0) is 19.4 Å². The summed E-state index contributed by atoms with van der Waals surface area (Å²) >= 11 is 0. The van der Waals surface area contributed by atoms with Crippen molar-refractivity contribution in [2.45, 2.75) is 18.8 Å². The first-order valence-electron chi connectivity index (χ1n) is 5.96. The van der Waals surface area contributed by atoms with Crippen molar-refractivity contribution in [2.24, 2.45) is 0 Å². The Morgan fingerprint density at radius 2 is 2.06 bits per heavy atom. The smallest absolute Gasteiger partial charge is 0.157 e. The molecule has 5 nitrogen and oxygen atoms in total. The zero-order valence-corrected chi connectivity index (χ0v) is 9.56. The van der Waals surface area contributed by atoms with Gasteiger partial charge < -0.3 is 10.3 Å². The van der Waals surface area contributed by atoms with Crippen molar-refractivity contribution in [1.29, 1.82) is 0 Å². The Morgan fingerprint density at radius 3 is 2.82 bits per heavy atom. The number of rotatable bonds is 2. The van der Waals surface area contributed by atoms with Crippen molar-refractivity contribution in [1.82, 2.24) is 25.3 Å². The first-order chi connectivity index (χ1) is 8.45. The second kappa shape index (κ2) is 4.63. The summed E-state index contributed by atoms with van der Waals surface area (Å²) in [6.45, 7) is 2.08. The lowest BCUT2D eigenvalue weighted by Crippen LogP contribution is -2.29. The van der Waals surface area contributed by atoms with Gasteiger partial charge in [-0.25, -0.2) is 9.97 Å². The van der Waals surface area contributed by atoms with E-state index in [0.717, 1.165) is 30.3 Å². The van der Waals surface area contributed by atoms with Crippen LogP contribution >= 0.6 is 0 Å². The number of aromatic nitrogens is 4. The Morgan fingerprint density at radius 1 is 1.12 bits per heavy atom. The van der Waals surface area contributed by atoms with Crippen LogP contribution in [0.5, 0.6) is 0 Å². The number of H-pyrrole nitrogens is 1. The molecule has 1 aliphatic heterocycles. The molecule has 3 heterocycles. The van der Waals surface area contributed by atoms with Crippen molar-refractivity contribution in [2.75, 3.05) is 13.1 Å². The Kier molecular flexibility index (Phi) is 2.83. The minimum Gasteiger partial charge on any atom is -0.343 e. The molecule has 1 fully saturated rings. The van der Waals surface area contributed by atoms with Gasteiger partial charge in [0.05, 0.1) is 5.69 Å². The van der Waals surface area contributed by atoms with E-state index in [1.165, 1.54) is 12.8 Å². The third-order valence-electron chi connectivity index (χ3n) is 3.13. The molecule has 0 amide bonds. The fraction of sp³-hybridized carbons (Fsp3) is 0.417. The quantitative estimate of drug-likeness (QED) is 0.815. The molecule has 0 unspecified atom stereocenters. The Labute approximate surface area is 99.7 Å². The van der Waals surface area contributed by atoms with E-state index in [1.54, 1.807) is 18.6 Å². The predicted molar refractivity (Wildman–Crippen MR) is 64.5 cm³/mol. The Bertz CT molecular complexity index is 473. The average molecular weight is 229 g/mol. The summed E-state index contributed by atoms with van der Waals surface area (Å²) in [5, 5.41) is 3.41. The van der Waals surface area contributed by atoms with Crippen LogP contribution in [-0.2, 0) is 0 Å². The van der Waals surface area contributed by atoms with Gasteiger partial charge in [-0.1, -0.05) is 0 Å². The summed E-state index contributed by atoms with van der Waals surface area (Å²) in [5.74, 6) is 1.25. The summed E-state index contributed by atoms with van der Waals surface area (Å²) in [6.07, 6.45) is 9.39. The molecule has 3 rings (SSSR count). The molecule has 0 spiro atoms. The van der Waals surface area contributed by atoms with E-state index in [2.05, 4.69) is 25.3 Å². The highest BCUT2D eigenvalue weighted by Crippen LogP contribution is 2.27. The second-order valence-electron chi connectivity index (χ2n) is 4.27. The van der Waals surface area contributed by atoms with Gasteiger partial charge in [0.15, 0.2) is 5.82 Å². The van der Waals surface area contributed by atoms with E-state index >= 15 is 0 Å². The second-order valence-corrected chi connectivity index (χ2v) is 4.27.